The van der Waals surface area contributed by atoms with Crippen LogP contribution in [0.5, 0.6) is 0 Å². The molecule has 0 bridgehead atoms. The number of benzene rings is 1. The number of amides is 2. The standard InChI is InChI=1S/C17H25N3O2.ClH/c1-2-19-16(21)13-8-6-12(7-9-13)11-20-17(22)15-5-3-4-14(15)10-18;/h6-9,14-15H,2-5,10-11,18H2,1H3,(H,19,21)(H,20,22);1H/t14-,15-;/m1./s1. The number of hydrogen-bond acceptors (Lipinski definition) is 3. The first-order valence-corrected chi connectivity index (χ1v) is 8.00. The van der Waals surface area contributed by atoms with E-state index >= 15 is 0 Å². The van der Waals surface area contributed by atoms with E-state index in [0.717, 1.165) is 24.8 Å². The lowest BCUT2D eigenvalue weighted by atomic mass is 9.95. The summed E-state index contributed by atoms with van der Waals surface area (Å²) in [4.78, 5) is 23.9. The molecule has 2 rings (SSSR count). The first-order valence-electron chi connectivity index (χ1n) is 8.00. The maximum atomic E-state index is 12.2. The molecule has 128 valence electrons. The van der Waals surface area contributed by atoms with E-state index < -0.39 is 0 Å². The molecule has 2 atom stereocenters. The molecule has 1 aliphatic carbocycles. The fourth-order valence-corrected chi connectivity index (χ4v) is 3.02. The van der Waals surface area contributed by atoms with Crippen LogP contribution in [0.25, 0.3) is 0 Å². The summed E-state index contributed by atoms with van der Waals surface area (Å²) in [5.41, 5.74) is 7.35. The Morgan fingerprint density at radius 1 is 1.17 bits per heavy atom. The van der Waals surface area contributed by atoms with Crippen LogP contribution in [-0.4, -0.2) is 24.9 Å². The predicted molar refractivity (Wildman–Crippen MR) is 93.4 cm³/mol. The minimum atomic E-state index is -0.0742. The Hall–Kier alpha value is -1.59. The lowest BCUT2D eigenvalue weighted by Crippen LogP contribution is -2.34. The molecule has 1 aromatic carbocycles. The van der Waals surface area contributed by atoms with E-state index in [2.05, 4.69) is 10.6 Å². The number of nitrogens with one attached hydrogen (secondary N) is 2. The molecule has 0 heterocycles. The molecule has 1 fully saturated rings. The molecule has 0 aliphatic heterocycles. The van der Waals surface area contributed by atoms with Crippen LogP contribution >= 0.6 is 12.4 Å². The van der Waals surface area contributed by atoms with Gasteiger partial charge in [0.15, 0.2) is 0 Å². The Kier molecular flexibility index (Phi) is 8.06. The Morgan fingerprint density at radius 2 is 1.87 bits per heavy atom. The van der Waals surface area contributed by atoms with Crippen molar-refractivity contribution in [2.24, 2.45) is 17.6 Å². The second-order valence-corrected chi connectivity index (χ2v) is 5.81. The van der Waals surface area contributed by atoms with Crippen molar-refractivity contribution in [2.45, 2.75) is 32.7 Å². The van der Waals surface area contributed by atoms with Crippen LogP contribution in [0.15, 0.2) is 24.3 Å². The first-order chi connectivity index (χ1) is 10.7. The molecule has 0 unspecified atom stereocenters. The Morgan fingerprint density at radius 3 is 2.48 bits per heavy atom. The second kappa shape index (κ2) is 9.53. The lowest BCUT2D eigenvalue weighted by molar-refractivity contribution is -0.126. The van der Waals surface area contributed by atoms with Gasteiger partial charge in [0.25, 0.3) is 5.91 Å². The molecule has 0 saturated heterocycles. The first kappa shape index (κ1) is 19.5. The molecule has 1 saturated carbocycles. The molecule has 1 aliphatic rings. The second-order valence-electron chi connectivity index (χ2n) is 5.81. The quantitative estimate of drug-likeness (QED) is 0.739. The zero-order chi connectivity index (χ0) is 15.9. The number of carbonyl (C=O) groups excluding carboxylic acids is 2. The highest BCUT2D eigenvalue weighted by atomic mass is 35.5. The van der Waals surface area contributed by atoms with Gasteiger partial charge in [-0.3, -0.25) is 9.59 Å². The SMILES string of the molecule is CCNC(=O)c1ccc(CNC(=O)[C@@H]2CCC[C@@H]2CN)cc1.Cl. The van der Waals surface area contributed by atoms with Crippen molar-refractivity contribution in [1.29, 1.82) is 0 Å². The van der Waals surface area contributed by atoms with E-state index in [4.69, 9.17) is 5.73 Å². The van der Waals surface area contributed by atoms with Gasteiger partial charge >= 0.3 is 0 Å². The third-order valence-corrected chi connectivity index (χ3v) is 4.32. The summed E-state index contributed by atoms with van der Waals surface area (Å²) >= 11 is 0. The van der Waals surface area contributed by atoms with Gasteiger partial charge in [0.05, 0.1) is 0 Å². The molecule has 2 amide bonds. The Balaban J connectivity index is 0.00000264. The number of halogens is 1. The maximum Gasteiger partial charge on any atom is 0.251 e. The van der Waals surface area contributed by atoms with Gasteiger partial charge in [-0.05, 0) is 49.9 Å². The van der Waals surface area contributed by atoms with Gasteiger partial charge in [0.1, 0.15) is 0 Å². The average molecular weight is 340 g/mol. The average Bonchev–Trinajstić information content (AvgIpc) is 3.02. The van der Waals surface area contributed by atoms with Gasteiger partial charge in [-0.2, -0.15) is 0 Å². The summed E-state index contributed by atoms with van der Waals surface area (Å²) in [5, 5.41) is 5.74. The minimum absolute atomic E-state index is 0. The minimum Gasteiger partial charge on any atom is -0.352 e. The maximum absolute atomic E-state index is 12.2. The molecular formula is C17H26ClN3O2. The highest BCUT2D eigenvalue weighted by Gasteiger charge is 2.31. The van der Waals surface area contributed by atoms with Crippen molar-refractivity contribution in [3.8, 4) is 0 Å². The molecule has 5 nitrogen and oxygen atoms in total. The highest BCUT2D eigenvalue weighted by Crippen LogP contribution is 2.30. The molecule has 4 N–H and O–H groups in total. The number of hydrogen-bond donors (Lipinski definition) is 3. The van der Waals surface area contributed by atoms with Crippen molar-refractivity contribution in [3.63, 3.8) is 0 Å². The van der Waals surface area contributed by atoms with Crippen molar-refractivity contribution in [3.05, 3.63) is 35.4 Å². The van der Waals surface area contributed by atoms with Crippen LogP contribution in [0.4, 0.5) is 0 Å². The van der Waals surface area contributed by atoms with Crippen molar-refractivity contribution < 1.29 is 9.59 Å². The fourth-order valence-electron chi connectivity index (χ4n) is 3.02. The molecule has 0 aromatic heterocycles. The molecule has 0 spiro atoms. The molecule has 23 heavy (non-hydrogen) atoms. The van der Waals surface area contributed by atoms with Crippen LogP contribution in [0.1, 0.15) is 42.1 Å². The Bertz CT molecular complexity index is 519. The van der Waals surface area contributed by atoms with Crippen LogP contribution in [0.3, 0.4) is 0 Å². The summed E-state index contributed by atoms with van der Waals surface area (Å²) in [6.07, 6.45) is 3.07. The van der Waals surface area contributed by atoms with Crippen LogP contribution in [0.2, 0.25) is 0 Å². The molecule has 6 heteroatoms. The summed E-state index contributed by atoms with van der Waals surface area (Å²) in [5.74, 6) is 0.398. The highest BCUT2D eigenvalue weighted by molar-refractivity contribution is 5.94. The fraction of sp³-hybridized carbons (Fsp3) is 0.529. The van der Waals surface area contributed by atoms with Crippen molar-refractivity contribution in [2.75, 3.05) is 13.1 Å². The zero-order valence-electron chi connectivity index (χ0n) is 13.5. The largest absolute Gasteiger partial charge is 0.352 e. The van der Waals surface area contributed by atoms with E-state index in [1.807, 2.05) is 19.1 Å². The van der Waals surface area contributed by atoms with Gasteiger partial charge in [-0.1, -0.05) is 18.6 Å². The van der Waals surface area contributed by atoms with Crippen LogP contribution in [0, 0.1) is 11.8 Å². The number of carbonyl (C=O) groups is 2. The summed E-state index contributed by atoms with van der Waals surface area (Å²) in [6, 6.07) is 7.31. The van der Waals surface area contributed by atoms with E-state index in [-0.39, 0.29) is 30.1 Å². The van der Waals surface area contributed by atoms with Gasteiger partial charge in [0.2, 0.25) is 5.91 Å². The normalized spacial score (nSPS) is 19.7. The number of rotatable bonds is 6. The third kappa shape index (κ3) is 5.22. The van der Waals surface area contributed by atoms with Gasteiger partial charge in [0, 0.05) is 24.6 Å². The Labute approximate surface area is 143 Å². The molecule has 1 aromatic rings. The zero-order valence-corrected chi connectivity index (χ0v) is 14.3. The van der Waals surface area contributed by atoms with E-state index in [0.29, 0.717) is 31.1 Å². The molecular weight excluding hydrogens is 314 g/mol. The van der Waals surface area contributed by atoms with Gasteiger partial charge in [-0.15, -0.1) is 12.4 Å². The summed E-state index contributed by atoms with van der Waals surface area (Å²) in [7, 11) is 0. The van der Waals surface area contributed by atoms with Crippen molar-refractivity contribution >= 4 is 24.2 Å². The van der Waals surface area contributed by atoms with E-state index in [1.54, 1.807) is 12.1 Å². The van der Waals surface area contributed by atoms with Crippen LogP contribution < -0.4 is 16.4 Å². The van der Waals surface area contributed by atoms with Gasteiger partial charge < -0.3 is 16.4 Å². The smallest absolute Gasteiger partial charge is 0.251 e. The van der Waals surface area contributed by atoms with E-state index in [1.165, 1.54) is 0 Å². The van der Waals surface area contributed by atoms with Gasteiger partial charge in [-0.25, -0.2) is 0 Å². The van der Waals surface area contributed by atoms with Crippen LogP contribution in [-0.2, 0) is 11.3 Å². The predicted octanol–water partition coefficient (Wildman–Crippen LogP) is 1.85. The lowest BCUT2D eigenvalue weighted by Gasteiger charge is -2.17. The summed E-state index contributed by atoms with van der Waals surface area (Å²) < 4.78 is 0. The monoisotopic (exact) mass is 339 g/mol. The van der Waals surface area contributed by atoms with Crippen molar-refractivity contribution in [1.82, 2.24) is 10.6 Å². The van der Waals surface area contributed by atoms with E-state index in [9.17, 15) is 9.59 Å². The topological polar surface area (TPSA) is 84.2 Å². The summed E-state index contributed by atoms with van der Waals surface area (Å²) in [6.45, 7) is 3.57. The number of nitrogens with two attached hydrogens (primary N) is 1. The third-order valence-electron chi connectivity index (χ3n) is 4.32. The molecule has 0 radical (unpaired) electrons.